The molecule has 3 heterocycles. The van der Waals surface area contributed by atoms with Crippen molar-refractivity contribution in [1.82, 2.24) is 15.2 Å². The Morgan fingerprint density at radius 2 is 2.00 bits per heavy atom. The van der Waals surface area contributed by atoms with Crippen molar-refractivity contribution in [3.05, 3.63) is 36.0 Å². The van der Waals surface area contributed by atoms with Gasteiger partial charge >= 0.3 is 0 Å². The zero-order valence-corrected chi connectivity index (χ0v) is 16.2. The van der Waals surface area contributed by atoms with E-state index in [1.807, 2.05) is 12.1 Å². The number of nitrogens with zero attached hydrogens (tertiary/aromatic N) is 4. The summed E-state index contributed by atoms with van der Waals surface area (Å²) in [7, 11) is 2.24. The molecule has 27 heavy (non-hydrogen) atoms. The van der Waals surface area contributed by atoms with E-state index >= 15 is 0 Å². The van der Waals surface area contributed by atoms with E-state index in [-0.39, 0.29) is 0 Å². The number of hydrogen-bond donors (Lipinski definition) is 1. The van der Waals surface area contributed by atoms with Crippen molar-refractivity contribution in [2.45, 2.75) is 31.7 Å². The second-order valence-corrected chi connectivity index (χ2v) is 8.01. The zero-order valence-electron chi connectivity index (χ0n) is 16.2. The van der Waals surface area contributed by atoms with E-state index in [0.29, 0.717) is 5.56 Å². The fourth-order valence-electron chi connectivity index (χ4n) is 4.59. The normalized spacial score (nSPS) is 21.6. The van der Waals surface area contributed by atoms with E-state index in [2.05, 4.69) is 45.4 Å². The molecule has 1 aromatic heterocycles. The summed E-state index contributed by atoms with van der Waals surface area (Å²) in [5.41, 5.74) is 2.70. The number of fused-ring (bicyclic) bond motifs is 1. The molecule has 0 spiro atoms. The van der Waals surface area contributed by atoms with Crippen molar-refractivity contribution in [3.63, 3.8) is 0 Å². The minimum absolute atomic E-state index is 0.658. The zero-order chi connectivity index (χ0) is 18.6. The first kappa shape index (κ1) is 18.2. The van der Waals surface area contributed by atoms with Crippen LogP contribution in [0.25, 0.3) is 10.9 Å². The summed E-state index contributed by atoms with van der Waals surface area (Å²) in [4.78, 5) is 9.39. The van der Waals surface area contributed by atoms with E-state index < -0.39 is 0 Å². The lowest BCUT2D eigenvalue weighted by Crippen LogP contribution is -2.41. The molecule has 1 unspecified atom stereocenters. The van der Waals surface area contributed by atoms with Crippen LogP contribution in [-0.2, 0) is 0 Å². The molecule has 142 valence electrons. The predicted octanol–water partition coefficient (Wildman–Crippen LogP) is 3.01. The van der Waals surface area contributed by atoms with Crippen molar-refractivity contribution in [2.75, 3.05) is 44.7 Å². The van der Waals surface area contributed by atoms with Crippen molar-refractivity contribution >= 4 is 16.6 Å². The summed E-state index contributed by atoms with van der Waals surface area (Å²) >= 11 is 0. The van der Waals surface area contributed by atoms with Crippen LogP contribution in [0.4, 0.5) is 5.69 Å². The second-order valence-electron chi connectivity index (χ2n) is 8.01. The Balaban J connectivity index is 1.34. The number of likely N-dealkylation sites (N-methyl/N-ethyl adjacent to an activating group) is 1. The Morgan fingerprint density at radius 3 is 2.74 bits per heavy atom. The van der Waals surface area contributed by atoms with Crippen LogP contribution in [0, 0.1) is 17.2 Å². The summed E-state index contributed by atoms with van der Waals surface area (Å²) in [5.74, 6) is 0.760. The summed E-state index contributed by atoms with van der Waals surface area (Å²) in [6, 6.07) is 11.0. The number of rotatable bonds is 5. The first-order chi connectivity index (χ1) is 13.3. The highest BCUT2D eigenvalue weighted by Crippen LogP contribution is 2.31. The minimum atomic E-state index is 0.658. The SMILES string of the molecule is CN1CCCC1CNCC1CCN(c2ccc(C#N)c3ncccc23)CC1. The van der Waals surface area contributed by atoms with Crippen molar-refractivity contribution in [2.24, 2.45) is 5.92 Å². The molecule has 1 atom stereocenters. The number of nitrogens with one attached hydrogen (secondary N) is 1. The fourth-order valence-corrected chi connectivity index (χ4v) is 4.59. The monoisotopic (exact) mass is 363 g/mol. The average molecular weight is 364 g/mol. The van der Waals surface area contributed by atoms with Crippen LogP contribution in [0.2, 0.25) is 0 Å². The first-order valence-electron chi connectivity index (χ1n) is 10.2. The molecule has 2 aliphatic heterocycles. The number of anilines is 1. The van der Waals surface area contributed by atoms with Gasteiger partial charge < -0.3 is 15.1 Å². The Bertz CT molecular complexity index is 819. The maximum atomic E-state index is 9.34. The summed E-state index contributed by atoms with van der Waals surface area (Å²) in [6.07, 6.45) is 6.88. The molecule has 0 amide bonds. The van der Waals surface area contributed by atoms with Crippen LogP contribution >= 0.6 is 0 Å². The third kappa shape index (κ3) is 3.92. The molecular weight excluding hydrogens is 334 g/mol. The van der Waals surface area contributed by atoms with E-state index in [0.717, 1.165) is 49.0 Å². The number of nitriles is 1. The largest absolute Gasteiger partial charge is 0.371 e. The molecule has 0 bridgehead atoms. The van der Waals surface area contributed by atoms with Gasteiger partial charge in [0.05, 0.1) is 11.1 Å². The number of pyridine rings is 1. The number of aromatic nitrogens is 1. The van der Waals surface area contributed by atoms with Crippen LogP contribution in [0.1, 0.15) is 31.2 Å². The van der Waals surface area contributed by atoms with Gasteiger partial charge in [-0.15, -0.1) is 0 Å². The Kier molecular flexibility index (Phi) is 5.56. The molecule has 4 rings (SSSR count). The molecule has 0 radical (unpaired) electrons. The number of hydrogen-bond acceptors (Lipinski definition) is 5. The highest BCUT2D eigenvalue weighted by Gasteiger charge is 2.23. The smallest absolute Gasteiger partial charge is 0.101 e. The van der Waals surface area contributed by atoms with Gasteiger partial charge in [-0.25, -0.2) is 0 Å². The lowest BCUT2D eigenvalue weighted by Gasteiger charge is -2.34. The number of likely N-dealkylation sites (tertiary alicyclic amines) is 1. The van der Waals surface area contributed by atoms with Gasteiger partial charge in [0.25, 0.3) is 0 Å². The van der Waals surface area contributed by atoms with Gasteiger partial charge in [-0.3, -0.25) is 4.98 Å². The van der Waals surface area contributed by atoms with Gasteiger partial charge in [0.15, 0.2) is 0 Å². The molecule has 1 N–H and O–H groups in total. The van der Waals surface area contributed by atoms with Gasteiger partial charge in [0.2, 0.25) is 0 Å². The quantitative estimate of drug-likeness (QED) is 0.885. The third-order valence-electron chi connectivity index (χ3n) is 6.31. The Morgan fingerprint density at radius 1 is 1.15 bits per heavy atom. The maximum Gasteiger partial charge on any atom is 0.101 e. The van der Waals surface area contributed by atoms with E-state index in [1.165, 1.54) is 37.9 Å². The van der Waals surface area contributed by atoms with Crippen LogP contribution < -0.4 is 10.2 Å². The van der Waals surface area contributed by atoms with E-state index in [9.17, 15) is 5.26 Å². The Labute approximate surface area is 162 Å². The lowest BCUT2D eigenvalue weighted by atomic mass is 9.95. The van der Waals surface area contributed by atoms with Gasteiger partial charge in [0, 0.05) is 42.9 Å². The van der Waals surface area contributed by atoms with Crippen molar-refractivity contribution < 1.29 is 0 Å². The van der Waals surface area contributed by atoms with Crippen LogP contribution in [0.15, 0.2) is 30.5 Å². The van der Waals surface area contributed by atoms with Gasteiger partial charge in [0.1, 0.15) is 6.07 Å². The molecule has 2 fully saturated rings. The molecular formula is C22H29N5. The molecule has 2 saturated heterocycles. The topological polar surface area (TPSA) is 55.2 Å². The Hall–Kier alpha value is -2.16. The predicted molar refractivity (Wildman–Crippen MR) is 110 cm³/mol. The van der Waals surface area contributed by atoms with Crippen LogP contribution in [0.3, 0.4) is 0 Å². The van der Waals surface area contributed by atoms with Gasteiger partial charge in [-0.05, 0) is 76.0 Å². The molecule has 5 nitrogen and oxygen atoms in total. The molecule has 0 aliphatic carbocycles. The number of piperidine rings is 1. The summed E-state index contributed by atoms with van der Waals surface area (Å²) < 4.78 is 0. The molecule has 0 saturated carbocycles. The summed E-state index contributed by atoms with van der Waals surface area (Å²) in [5, 5.41) is 14.2. The maximum absolute atomic E-state index is 9.34. The standard InChI is InChI=1S/C22H29N5/c1-26-11-3-4-19(26)16-24-15-17-8-12-27(13-9-17)21-7-6-18(14-23)22-20(21)5-2-10-25-22/h2,5-7,10,17,19,24H,3-4,8-9,11-13,15-16H2,1H3. The molecule has 5 heteroatoms. The molecule has 2 aliphatic rings. The van der Waals surface area contributed by atoms with E-state index in [4.69, 9.17) is 0 Å². The van der Waals surface area contributed by atoms with Crippen LogP contribution in [-0.4, -0.2) is 55.7 Å². The second kappa shape index (κ2) is 8.24. The third-order valence-corrected chi connectivity index (χ3v) is 6.31. The fraction of sp³-hybridized carbons (Fsp3) is 0.545. The van der Waals surface area contributed by atoms with Crippen molar-refractivity contribution in [3.8, 4) is 6.07 Å². The molecule has 1 aromatic carbocycles. The molecule has 2 aromatic rings. The van der Waals surface area contributed by atoms with Gasteiger partial charge in [-0.2, -0.15) is 5.26 Å². The van der Waals surface area contributed by atoms with Crippen molar-refractivity contribution in [1.29, 1.82) is 5.26 Å². The number of benzene rings is 1. The highest BCUT2D eigenvalue weighted by atomic mass is 15.2. The highest BCUT2D eigenvalue weighted by molar-refractivity contribution is 5.95. The van der Waals surface area contributed by atoms with Gasteiger partial charge in [-0.1, -0.05) is 0 Å². The van der Waals surface area contributed by atoms with Crippen LogP contribution in [0.5, 0.6) is 0 Å². The summed E-state index contributed by atoms with van der Waals surface area (Å²) in [6.45, 7) is 5.66. The lowest BCUT2D eigenvalue weighted by molar-refractivity contribution is 0.289. The van der Waals surface area contributed by atoms with E-state index in [1.54, 1.807) is 6.20 Å². The average Bonchev–Trinajstić information content (AvgIpc) is 3.12. The minimum Gasteiger partial charge on any atom is -0.371 e. The first-order valence-corrected chi connectivity index (χ1v) is 10.2.